The molecule has 1 aromatic heterocycles. The Morgan fingerprint density at radius 2 is 1.81 bits per heavy atom. The fourth-order valence-corrected chi connectivity index (χ4v) is 7.11. The van der Waals surface area contributed by atoms with Gasteiger partial charge in [0.05, 0.1) is 19.8 Å². The van der Waals surface area contributed by atoms with Crippen molar-refractivity contribution in [2.24, 2.45) is 9.50 Å². The Labute approximate surface area is 217 Å². The summed E-state index contributed by atoms with van der Waals surface area (Å²) in [6.45, 7) is 5.31. The normalized spacial score (nSPS) is 17.8. The van der Waals surface area contributed by atoms with Gasteiger partial charge in [-0.1, -0.05) is 19.4 Å². The number of thiophene rings is 1. The van der Waals surface area contributed by atoms with Crippen LogP contribution in [-0.2, 0) is 50.7 Å². The number of ether oxygens (including phenoxy) is 2. The molecule has 0 fully saturated rings. The summed E-state index contributed by atoms with van der Waals surface area (Å²) in [6.07, 6.45) is 8.10. The number of fused-ring (bicyclic) bond motifs is 2. The van der Waals surface area contributed by atoms with Gasteiger partial charge in [-0.05, 0) is 86.3 Å². The van der Waals surface area contributed by atoms with Gasteiger partial charge in [0.1, 0.15) is 9.81 Å². The summed E-state index contributed by atoms with van der Waals surface area (Å²) in [5.74, 6) is 0. The van der Waals surface area contributed by atoms with Crippen LogP contribution in [0.25, 0.3) is 0 Å². The Morgan fingerprint density at radius 3 is 2.47 bits per heavy atom. The summed E-state index contributed by atoms with van der Waals surface area (Å²) in [4.78, 5) is 13.4. The van der Waals surface area contributed by atoms with Gasteiger partial charge in [0.25, 0.3) is 0 Å². The Kier molecular flexibility index (Phi) is 8.85. The Hall–Kier alpha value is -1.82. The number of carbonyl (C=O) groups is 1. The van der Waals surface area contributed by atoms with Crippen molar-refractivity contribution in [2.45, 2.75) is 75.0 Å². The van der Waals surface area contributed by atoms with Crippen molar-refractivity contribution in [3.63, 3.8) is 0 Å². The molecule has 2 aliphatic rings. The molecule has 2 aliphatic carbocycles. The van der Waals surface area contributed by atoms with Gasteiger partial charge in [-0.15, -0.1) is 15.7 Å². The quantitative estimate of drug-likeness (QED) is 0.360. The molecule has 8 nitrogen and oxygen atoms in total. The van der Waals surface area contributed by atoms with E-state index in [9.17, 15) is 14.1 Å². The molecule has 1 unspecified atom stereocenters. The number of carbonyl (C=O) groups excluding carboxylic acids is 1. The minimum absolute atomic E-state index is 0.0533. The second kappa shape index (κ2) is 11.7. The second-order valence-electron chi connectivity index (χ2n) is 9.74. The van der Waals surface area contributed by atoms with Crippen LogP contribution in [0.1, 0.15) is 66.7 Å². The Balaban J connectivity index is 1.42. The second-order valence-corrected chi connectivity index (χ2v) is 12.8. The average molecular weight is 536 g/mol. The van der Waals surface area contributed by atoms with Crippen LogP contribution in [0.2, 0.25) is 0 Å². The molecule has 1 heterocycles. The van der Waals surface area contributed by atoms with Gasteiger partial charge in [-0.25, -0.2) is 14.1 Å². The van der Waals surface area contributed by atoms with E-state index < -0.39 is 21.5 Å². The fourth-order valence-electron chi connectivity index (χ4n) is 4.84. The molecule has 36 heavy (non-hydrogen) atoms. The zero-order valence-corrected chi connectivity index (χ0v) is 22.8. The number of urea groups is 1. The third kappa shape index (κ3) is 6.35. The van der Waals surface area contributed by atoms with E-state index in [0.717, 1.165) is 68.4 Å². The van der Waals surface area contributed by atoms with Crippen molar-refractivity contribution in [3.8, 4) is 0 Å². The van der Waals surface area contributed by atoms with Gasteiger partial charge in [-0.2, -0.15) is 0 Å². The molecule has 0 saturated heterocycles. The number of amides is 2. The molecule has 0 aliphatic heterocycles. The first kappa shape index (κ1) is 27.2. The molecule has 198 valence electrons. The van der Waals surface area contributed by atoms with Gasteiger partial charge >= 0.3 is 6.03 Å². The van der Waals surface area contributed by atoms with E-state index in [1.54, 1.807) is 19.1 Å². The van der Waals surface area contributed by atoms with E-state index in [2.05, 4.69) is 22.7 Å². The molecule has 2 aromatic rings. The Morgan fingerprint density at radius 1 is 1.14 bits per heavy atom. The summed E-state index contributed by atoms with van der Waals surface area (Å²) in [5, 5.41) is 19.8. The molecule has 0 spiro atoms. The average Bonchev–Trinajstić information content (AvgIpc) is 3.58. The fraction of sp³-hybridized carbons (Fsp3) is 0.577. The molecule has 10 heteroatoms. The number of anilines is 1. The highest BCUT2D eigenvalue weighted by atomic mass is 32.2. The number of nitrogens with one attached hydrogen (secondary N) is 1. The monoisotopic (exact) mass is 535 g/mol. The minimum atomic E-state index is -3.48. The summed E-state index contributed by atoms with van der Waals surface area (Å²) in [6, 6.07) is 4.79. The maximum atomic E-state index is 13.2. The van der Waals surface area contributed by atoms with Gasteiger partial charge in [0.2, 0.25) is 0 Å². The van der Waals surface area contributed by atoms with Crippen molar-refractivity contribution >= 4 is 33.0 Å². The van der Waals surface area contributed by atoms with Crippen LogP contribution in [0.4, 0.5) is 10.5 Å². The number of nitrogens with zero attached hydrogens (tertiary/aromatic N) is 1. The number of benzene rings is 1. The van der Waals surface area contributed by atoms with Crippen LogP contribution in [0.5, 0.6) is 0 Å². The largest absolute Gasteiger partial charge is 0.382 e. The standard InChI is InChI=1S/C26H37N3O5S2/c1-3-4-13-33-14-15-34-17-26(2,31)22-11-12-23(35-22)36(27,32)29-25(30)28-24-20-9-5-7-18(20)16-19-8-6-10-21(19)24/h11-12,16,31H,3-10,13-15,17H2,1-2H3,(H3,27,28,29,30,32)/t26-,36?/m0/s1. The van der Waals surface area contributed by atoms with Crippen LogP contribution in [0.3, 0.4) is 0 Å². The first-order chi connectivity index (χ1) is 17.2. The first-order valence-electron chi connectivity index (χ1n) is 12.7. The number of nitrogens with two attached hydrogens (primary N) is 1. The summed E-state index contributed by atoms with van der Waals surface area (Å²) < 4.78 is 28.4. The third-order valence-corrected chi connectivity index (χ3v) is 9.97. The van der Waals surface area contributed by atoms with Crippen LogP contribution in [0.15, 0.2) is 26.8 Å². The lowest BCUT2D eigenvalue weighted by atomic mass is 9.99. The molecule has 0 radical (unpaired) electrons. The topological polar surface area (TPSA) is 123 Å². The molecular weight excluding hydrogens is 498 g/mol. The maximum Gasteiger partial charge on any atom is 0.354 e. The minimum Gasteiger partial charge on any atom is -0.382 e. The maximum absolute atomic E-state index is 13.2. The van der Waals surface area contributed by atoms with Crippen molar-refractivity contribution in [1.29, 1.82) is 0 Å². The molecule has 0 saturated carbocycles. The van der Waals surface area contributed by atoms with E-state index in [0.29, 0.717) is 24.7 Å². The lowest BCUT2D eigenvalue weighted by Gasteiger charge is -2.21. The highest BCUT2D eigenvalue weighted by Gasteiger charge is 2.28. The highest BCUT2D eigenvalue weighted by Crippen LogP contribution is 2.39. The highest BCUT2D eigenvalue weighted by molar-refractivity contribution is 7.93. The molecule has 1 aromatic carbocycles. The van der Waals surface area contributed by atoms with Crippen molar-refractivity contribution in [3.05, 3.63) is 45.3 Å². The molecule has 4 rings (SSSR count). The number of rotatable bonds is 11. The number of aliphatic hydroxyl groups is 1. The summed E-state index contributed by atoms with van der Waals surface area (Å²) in [7, 11) is -3.48. The first-order valence-corrected chi connectivity index (χ1v) is 15.1. The number of hydrogen-bond acceptors (Lipinski definition) is 6. The molecular formula is C26H37N3O5S2. The van der Waals surface area contributed by atoms with E-state index in [1.165, 1.54) is 22.3 Å². The van der Waals surface area contributed by atoms with E-state index in [-0.39, 0.29) is 10.8 Å². The number of unbranched alkanes of at least 4 members (excludes halogenated alkanes) is 1. The van der Waals surface area contributed by atoms with Gasteiger partial charge in [0, 0.05) is 17.2 Å². The predicted octanol–water partition coefficient (Wildman–Crippen LogP) is 4.70. The lowest BCUT2D eigenvalue weighted by Crippen LogP contribution is -2.27. The van der Waals surface area contributed by atoms with Gasteiger partial charge in [-0.3, -0.25) is 0 Å². The summed E-state index contributed by atoms with van der Waals surface area (Å²) in [5.41, 5.74) is 4.47. The number of aryl methyl sites for hydroxylation is 2. The van der Waals surface area contributed by atoms with Crippen LogP contribution < -0.4 is 10.5 Å². The number of hydrogen-bond donors (Lipinski definition) is 3. The van der Waals surface area contributed by atoms with E-state index >= 15 is 0 Å². The zero-order valence-electron chi connectivity index (χ0n) is 21.1. The van der Waals surface area contributed by atoms with Gasteiger partial charge in [0.15, 0.2) is 9.92 Å². The van der Waals surface area contributed by atoms with Crippen LogP contribution in [-0.4, -0.2) is 41.8 Å². The Bertz CT molecular complexity index is 1180. The van der Waals surface area contributed by atoms with Crippen molar-refractivity contribution in [2.75, 3.05) is 31.7 Å². The molecule has 0 bridgehead atoms. The van der Waals surface area contributed by atoms with Crippen molar-refractivity contribution in [1.82, 2.24) is 0 Å². The lowest BCUT2D eigenvalue weighted by molar-refractivity contribution is -0.0494. The van der Waals surface area contributed by atoms with Gasteiger partial charge < -0.3 is 19.9 Å². The molecule has 4 N–H and O–H groups in total. The van der Waals surface area contributed by atoms with Crippen LogP contribution >= 0.6 is 11.3 Å². The molecule has 2 atom stereocenters. The van der Waals surface area contributed by atoms with Crippen LogP contribution in [0, 0.1) is 0 Å². The third-order valence-electron chi connectivity index (χ3n) is 6.72. The van der Waals surface area contributed by atoms with E-state index in [4.69, 9.17) is 14.6 Å². The zero-order chi connectivity index (χ0) is 25.8. The smallest absolute Gasteiger partial charge is 0.354 e. The summed E-state index contributed by atoms with van der Waals surface area (Å²) >= 11 is 1.07. The van der Waals surface area contributed by atoms with E-state index in [1.807, 2.05) is 0 Å². The SMILES string of the molecule is CCCCOCCOC[C@](C)(O)c1ccc(S(N)(=O)=NC(=O)Nc2c3c(cc4c2CCC4)CCC3)s1. The predicted molar refractivity (Wildman–Crippen MR) is 143 cm³/mol. The molecule has 2 amide bonds. The van der Waals surface area contributed by atoms with Crippen molar-refractivity contribution < 1.29 is 23.6 Å².